The minimum absolute atomic E-state index is 0.113. The highest BCUT2D eigenvalue weighted by Gasteiger charge is 2.26. The van der Waals surface area contributed by atoms with Gasteiger partial charge in [0.1, 0.15) is 5.56 Å². The van der Waals surface area contributed by atoms with Gasteiger partial charge in [-0.3, -0.25) is 14.9 Å². The van der Waals surface area contributed by atoms with Gasteiger partial charge in [0, 0.05) is 17.8 Å². The van der Waals surface area contributed by atoms with Gasteiger partial charge in [-0.05, 0) is 32.9 Å². The summed E-state index contributed by atoms with van der Waals surface area (Å²) in [6, 6.07) is 7.05. The van der Waals surface area contributed by atoms with E-state index in [0.29, 0.717) is 30.4 Å². The van der Waals surface area contributed by atoms with Gasteiger partial charge in [0.15, 0.2) is 29.6 Å². The Balaban J connectivity index is 2.12. The van der Waals surface area contributed by atoms with E-state index in [-0.39, 0.29) is 23.7 Å². The molecule has 0 aliphatic carbocycles. The Bertz CT molecular complexity index is 1010. The number of amides is 1. The second kappa shape index (κ2) is 12.1. The zero-order valence-electron chi connectivity index (χ0n) is 18.8. The minimum Gasteiger partial charge on any atom is -0.493 e. The predicted octanol–water partition coefficient (Wildman–Crippen LogP) is 3.60. The van der Waals surface area contributed by atoms with Crippen molar-refractivity contribution in [3.05, 3.63) is 46.0 Å². The summed E-state index contributed by atoms with van der Waals surface area (Å²) in [7, 11) is 1.33. The first-order chi connectivity index (χ1) is 15.8. The Hall–Kier alpha value is -4.02. The maximum atomic E-state index is 12.5. The van der Waals surface area contributed by atoms with Crippen molar-refractivity contribution in [2.45, 2.75) is 20.8 Å². The van der Waals surface area contributed by atoms with E-state index >= 15 is 0 Å². The topological polar surface area (TPSA) is 135 Å². The lowest BCUT2D eigenvalue weighted by Gasteiger charge is -2.13. The molecule has 2 aromatic rings. The van der Waals surface area contributed by atoms with Crippen molar-refractivity contribution in [1.82, 2.24) is 0 Å². The molecule has 11 nitrogen and oxygen atoms in total. The number of nitro benzene ring substituents is 1. The van der Waals surface area contributed by atoms with Crippen LogP contribution in [-0.2, 0) is 9.53 Å². The molecule has 0 aromatic heterocycles. The molecule has 0 aliphatic heterocycles. The maximum Gasteiger partial charge on any atom is 0.345 e. The van der Waals surface area contributed by atoms with Crippen molar-refractivity contribution in [3.8, 4) is 23.0 Å². The Morgan fingerprint density at radius 1 is 0.909 bits per heavy atom. The number of esters is 1. The van der Waals surface area contributed by atoms with Gasteiger partial charge in [-0.25, -0.2) is 4.79 Å². The third-order valence-electron chi connectivity index (χ3n) is 4.16. The fraction of sp³-hybridized carbons (Fsp3) is 0.364. The summed E-state index contributed by atoms with van der Waals surface area (Å²) >= 11 is 0. The summed E-state index contributed by atoms with van der Waals surface area (Å²) in [6.45, 7) is 5.79. The molecule has 0 heterocycles. The SMILES string of the molecule is CCOc1cc([N+](=O)[O-])c(C(=O)OCC(=O)Nc2ccc(OCC)c(OCC)c2)cc1OC. The predicted molar refractivity (Wildman–Crippen MR) is 119 cm³/mol. The summed E-state index contributed by atoms with van der Waals surface area (Å²) in [5.74, 6) is -0.486. The number of nitro groups is 1. The molecular formula is C22H26N2O9. The summed E-state index contributed by atoms with van der Waals surface area (Å²) in [6.07, 6.45) is 0. The van der Waals surface area contributed by atoms with E-state index in [4.69, 9.17) is 23.7 Å². The fourth-order valence-corrected chi connectivity index (χ4v) is 2.83. The molecule has 0 radical (unpaired) electrons. The maximum absolute atomic E-state index is 12.5. The molecule has 0 unspecified atom stereocenters. The van der Waals surface area contributed by atoms with Gasteiger partial charge in [-0.2, -0.15) is 0 Å². The molecular weight excluding hydrogens is 436 g/mol. The summed E-state index contributed by atoms with van der Waals surface area (Å²) in [5.41, 5.74) is -0.498. The summed E-state index contributed by atoms with van der Waals surface area (Å²) in [5, 5.41) is 14.0. The van der Waals surface area contributed by atoms with Crippen LogP contribution in [-0.4, -0.2) is 50.3 Å². The lowest BCUT2D eigenvalue weighted by Crippen LogP contribution is -2.21. The van der Waals surface area contributed by atoms with Crippen LogP contribution >= 0.6 is 0 Å². The van der Waals surface area contributed by atoms with Crippen LogP contribution in [0.3, 0.4) is 0 Å². The van der Waals surface area contributed by atoms with E-state index in [1.54, 1.807) is 25.1 Å². The number of methoxy groups -OCH3 is 1. The highest BCUT2D eigenvalue weighted by atomic mass is 16.6. The van der Waals surface area contributed by atoms with Crippen LogP contribution in [0.4, 0.5) is 11.4 Å². The number of nitrogens with one attached hydrogen (secondary N) is 1. The lowest BCUT2D eigenvalue weighted by atomic mass is 10.1. The molecule has 1 amide bonds. The summed E-state index contributed by atoms with van der Waals surface area (Å²) in [4.78, 5) is 35.4. The molecule has 0 bridgehead atoms. The highest BCUT2D eigenvalue weighted by Crippen LogP contribution is 2.35. The molecule has 0 saturated heterocycles. The molecule has 1 N–H and O–H groups in total. The number of nitrogens with zero attached hydrogens (tertiary/aromatic N) is 1. The monoisotopic (exact) mass is 462 g/mol. The van der Waals surface area contributed by atoms with E-state index in [9.17, 15) is 19.7 Å². The van der Waals surface area contributed by atoms with Crippen LogP contribution in [0.15, 0.2) is 30.3 Å². The molecule has 0 aliphatic rings. The molecule has 2 aromatic carbocycles. The van der Waals surface area contributed by atoms with E-state index in [2.05, 4.69) is 5.32 Å². The van der Waals surface area contributed by atoms with Gasteiger partial charge in [0.05, 0.1) is 37.9 Å². The van der Waals surface area contributed by atoms with Crippen LogP contribution in [0, 0.1) is 10.1 Å². The second-order valence-corrected chi connectivity index (χ2v) is 6.36. The smallest absolute Gasteiger partial charge is 0.345 e. The van der Waals surface area contributed by atoms with Crippen molar-refractivity contribution >= 4 is 23.3 Å². The first-order valence-corrected chi connectivity index (χ1v) is 10.2. The van der Waals surface area contributed by atoms with E-state index in [1.165, 1.54) is 7.11 Å². The third kappa shape index (κ3) is 6.73. The second-order valence-electron chi connectivity index (χ2n) is 6.36. The van der Waals surface area contributed by atoms with Gasteiger partial charge < -0.3 is 29.0 Å². The number of ether oxygens (including phenoxy) is 5. The normalized spacial score (nSPS) is 10.2. The van der Waals surface area contributed by atoms with Gasteiger partial charge >= 0.3 is 5.97 Å². The number of carbonyl (C=O) groups excluding carboxylic acids is 2. The van der Waals surface area contributed by atoms with E-state index in [1.807, 2.05) is 13.8 Å². The number of rotatable bonds is 12. The standard InChI is InChI=1S/C22H26N2O9/c1-5-30-17-9-8-14(10-19(17)31-6-2)23-21(25)13-33-22(26)15-11-18(29-4)20(32-7-3)12-16(15)24(27)28/h8-12H,5-7,13H2,1-4H3,(H,23,25). The van der Waals surface area contributed by atoms with Crippen molar-refractivity contribution in [3.63, 3.8) is 0 Å². The van der Waals surface area contributed by atoms with Crippen molar-refractivity contribution in [1.29, 1.82) is 0 Å². The minimum atomic E-state index is -1.06. The average Bonchev–Trinajstić information content (AvgIpc) is 2.79. The molecule has 0 spiro atoms. The molecule has 0 atom stereocenters. The summed E-state index contributed by atoms with van der Waals surface area (Å²) < 4.78 is 26.4. The number of hydrogen-bond donors (Lipinski definition) is 1. The Morgan fingerprint density at radius 2 is 1.52 bits per heavy atom. The van der Waals surface area contributed by atoms with Crippen molar-refractivity contribution in [2.75, 3.05) is 38.9 Å². The molecule has 0 fully saturated rings. The number of anilines is 1. The first kappa shape index (κ1) is 25.2. The quantitative estimate of drug-likeness (QED) is 0.285. The van der Waals surface area contributed by atoms with Crippen LogP contribution in [0.5, 0.6) is 23.0 Å². The first-order valence-electron chi connectivity index (χ1n) is 10.2. The van der Waals surface area contributed by atoms with E-state index < -0.39 is 29.1 Å². The molecule has 0 saturated carbocycles. The van der Waals surface area contributed by atoms with Gasteiger partial charge in [0.25, 0.3) is 11.6 Å². The van der Waals surface area contributed by atoms with Gasteiger partial charge in [-0.1, -0.05) is 0 Å². The Labute approximate surface area is 190 Å². The van der Waals surface area contributed by atoms with Crippen molar-refractivity contribution < 1.29 is 38.2 Å². The number of hydrogen-bond acceptors (Lipinski definition) is 9. The number of benzene rings is 2. The van der Waals surface area contributed by atoms with Gasteiger partial charge in [-0.15, -0.1) is 0 Å². The molecule has 11 heteroatoms. The zero-order chi connectivity index (χ0) is 24.4. The zero-order valence-corrected chi connectivity index (χ0v) is 18.8. The average molecular weight is 462 g/mol. The Kier molecular flexibility index (Phi) is 9.28. The highest BCUT2D eigenvalue weighted by molar-refractivity contribution is 5.98. The molecule has 2 rings (SSSR count). The lowest BCUT2D eigenvalue weighted by molar-refractivity contribution is -0.385. The number of carbonyl (C=O) groups is 2. The van der Waals surface area contributed by atoms with Crippen LogP contribution in [0.2, 0.25) is 0 Å². The van der Waals surface area contributed by atoms with Crippen LogP contribution < -0.4 is 24.3 Å². The van der Waals surface area contributed by atoms with E-state index in [0.717, 1.165) is 12.1 Å². The molecule has 178 valence electrons. The third-order valence-corrected chi connectivity index (χ3v) is 4.16. The van der Waals surface area contributed by atoms with Crippen molar-refractivity contribution in [2.24, 2.45) is 0 Å². The Morgan fingerprint density at radius 3 is 2.09 bits per heavy atom. The van der Waals surface area contributed by atoms with Gasteiger partial charge in [0.2, 0.25) is 0 Å². The largest absolute Gasteiger partial charge is 0.493 e. The molecule has 33 heavy (non-hydrogen) atoms. The fourth-order valence-electron chi connectivity index (χ4n) is 2.83. The van der Waals surface area contributed by atoms with Crippen LogP contribution in [0.25, 0.3) is 0 Å². The van der Waals surface area contributed by atoms with Crippen LogP contribution in [0.1, 0.15) is 31.1 Å².